The van der Waals surface area contributed by atoms with Crippen molar-refractivity contribution in [3.05, 3.63) is 54.7 Å². The molecule has 1 aromatic heterocycles. The van der Waals surface area contributed by atoms with Crippen molar-refractivity contribution in [3.8, 4) is 11.1 Å². The third-order valence-corrected chi connectivity index (χ3v) is 4.51. The van der Waals surface area contributed by atoms with Gasteiger partial charge in [0.25, 0.3) is 5.56 Å². The second-order valence-electron chi connectivity index (χ2n) is 5.48. The molecule has 9 heteroatoms. The summed E-state index contributed by atoms with van der Waals surface area (Å²) >= 11 is 9.32. The summed E-state index contributed by atoms with van der Waals surface area (Å²) in [6.07, 6.45) is -0.922. The van der Waals surface area contributed by atoms with Crippen molar-refractivity contribution in [2.45, 2.75) is 24.9 Å². The fourth-order valence-corrected chi connectivity index (χ4v) is 3.52. The number of H-pyrrole nitrogens is 1. The maximum Gasteiger partial charge on any atom is 0.330 e. The molecule has 128 valence electrons. The molecule has 0 amide bonds. The third-order valence-electron chi connectivity index (χ3n) is 3.84. The van der Waals surface area contributed by atoms with E-state index in [1.165, 1.54) is 10.8 Å². The van der Waals surface area contributed by atoms with E-state index in [-0.39, 0.29) is 18.6 Å². The van der Waals surface area contributed by atoms with Crippen molar-refractivity contribution in [2.24, 2.45) is 0 Å². The van der Waals surface area contributed by atoms with Gasteiger partial charge >= 0.3 is 5.69 Å². The highest BCUT2D eigenvalue weighted by Crippen LogP contribution is 2.29. The second-order valence-corrected chi connectivity index (χ2v) is 6.83. The van der Waals surface area contributed by atoms with Crippen molar-refractivity contribution in [3.63, 3.8) is 0 Å². The Balaban J connectivity index is 2.07. The molecule has 1 aromatic carbocycles. The van der Waals surface area contributed by atoms with E-state index < -0.39 is 29.7 Å². The van der Waals surface area contributed by atoms with Crippen LogP contribution in [0.3, 0.4) is 0 Å². The molecule has 2 heterocycles. The van der Waals surface area contributed by atoms with E-state index in [9.17, 15) is 14.7 Å². The van der Waals surface area contributed by atoms with Gasteiger partial charge in [0.15, 0.2) is 0 Å². The Bertz CT molecular complexity index is 861. The van der Waals surface area contributed by atoms with Gasteiger partial charge in [0.05, 0.1) is 18.3 Å². The number of aromatic amines is 1. The first-order valence-corrected chi connectivity index (χ1v) is 8.32. The zero-order valence-electron chi connectivity index (χ0n) is 12.3. The molecule has 0 radical (unpaired) electrons. The summed E-state index contributed by atoms with van der Waals surface area (Å²) in [5, 5.41) is 19.4. The first kappa shape index (κ1) is 17.4. The molecular weight excluding hydrogens is 404 g/mol. The lowest BCUT2D eigenvalue weighted by Gasteiger charge is -2.15. The lowest BCUT2D eigenvalue weighted by molar-refractivity contribution is -0.0458. The molecule has 7 nitrogen and oxygen atoms in total. The number of aromatic nitrogens is 2. The lowest BCUT2D eigenvalue weighted by Crippen LogP contribution is -2.33. The number of nitrogens with one attached hydrogen (secondary N) is 1. The van der Waals surface area contributed by atoms with E-state index in [2.05, 4.69) is 20.9 Å². The summed E-state index contributed by atoms with van der Waals surface area (Å²) in [5.41, 5.74) is -0.437. The molecule has 1 saturated heterocycles. The van der Waals surface area contributed by atoms with Crippen LogP contribution in [0.1, 0.15) is 12.6 Å². The van der Waals surface area contributed by atoms with Crippen LogP contribution in [0.2, 0.25) is 5.02 Å². The molecule has 2 aromatic rings. The van der Waals surface area contributed by atoms with Crippen LogP contribution in [-0.4, -0.2) is 38.6 Å². The highest BCUT2D eigenvalue weighted by atomic mass is 79.9. The normalized spacial score (nSPS) is 23.6. The van der Waals surface area contributed by atoms with Crippen molar-refractivity contribution in [2.75, 3.05) is 6.61 Å². The Morgan fingerprint density at radius 3 is 2.75 bits per heavy atom. The Labute approximate surface area is 149 Å². The molecule has 0 aliphatic carbocycles. The highest BCUT2D eigenvalue weighted by Gasteiger charge is 2.35. The average molecular weight is 418 g/mol. The van der Waals surface area contributed by atoms with E-state index in [1.54, 1.807) is 18.2 Å². The number of halogens is 2. The van der Waals surface area contributed by atoms with E-state index in [0.29, 0.717) is 15.1 Å². The second kappa shape index (κ2) is 6.81. The van der Waals surface area contributed by atoms with Gasteiger partial charge in [-0.2, -0.15) is 0 Å². The fourth-order valence-electron chi connectivity index (χ4n) is 2.66. The van der Waals surface area contributed by atoms with E-state index >= 15 is 0 Å². The zero-order chi connectivity index (χ0) is 17.4. The monoisotopic (exact) mass is 416 g/mol. The van der Waals surface area contributed by atoms with Crippen LogP contribution in [0.25, 0.3) is 11.1 Å². The Kier molecular flexibility index (Phi) is 4.93. The predicted octanol–water partition coefficient (Wildman–Crippen LogP) is 1.26. The van der Waals surface area contributed by atoms with Gasteiger partial charge in [0, 0.05) is 22.1 Å². The molecule has 1 aliphatic heterocycles. The summed E-state index contributed by atoms with van der Waals surface area (Å²) < 4.78 is 7.36. The van der Waals surface area contributed by atoms with E-state index in [1.807, 2.05) is 0 Å². The summed E-state index contributed by atoms with van der Waals surface area (Å²) in [4.78, 5) is 26.5. The SMILES string of the molecule is O=c1[nH]c(=O)n([C@H]2C[C@H](O)[C@@H](CO)O2)cc1-c1cc(Cl)cc(Br)c1. The molecule has 0 saturated carbocycles. The maximum atomic E-state index is 12.2. The van der Waals surface area contributed by atoms with Gasteiger partial charge in [-0.15, -0.1) is 0 Å². The first-order valence-electron chi connectivity index (χ1n) is 7.15. The van der Waals surface area contributed by atoms with Gasteiger partial charge in [-0.05, 0) is 23.8 Å². The van der Waals surface area contributed by atoms with Crippen molar-refractivity contribution in [1.29, 1.82) is 0 Å². The number of aliphatic hydroxyl groups is 2. The van der Waals surface area contributed by atoms with E-state index in [0.717, 1.165) is 0 Å². The van der Waals surface area contributed by atoms with Crippen LogP contribution in [0.4, 0.5) is 0 Å². The molecule has 3 N–H and O–H groups in total. The van der Waals surface area contributed by atoms with Crippen LogP contribution in [-0.2, 0) is 4.74 Å². The zero-order valence-corrected chi connectivity index (χ0v) is 14.6. The van der Waals surface area contributed by atoms with Crippen LogP contribution in [0.5, 0.6) is 0 Å². The van der Waals surface area contributed by atoms with Gasteiger partial charge < -0.3 is 14.9 Å². The highest BCUT2D eigenvalue weighted by molar-refractivity contribution is 9.10. The minimum atomic E-state index is -0.886. The molecule has 24 heavy (non-hydrogen) atoms. The van der Waals surface area contributed by atoms with Crippen LogP contribution >= 0.6 is 27.5 Å². The molecular formula is C15H14BrClN2O5. The van der Waals surface area contributed by atoms with Crippen LogP contribution in [0, 0.1) is 0 Å². The van der Waals surface area contributed by atoms with Gasteiger partial charge in [-0.3, -0.25) is 14.3 Å². The summed E-state index contributed by atoms with van der Waals surface area (Å²) in [7, 11) is 0. The Hall–Kier alpha value is -1.45. The molecule has 1 aliphatic rings. The molecule has 1 fully saturated rings. The number of rotatable bonds is 3. The van der Waals surface area contributed by atoms with Crippen molar-refractivity contribution >= 4 is 27.5 Å². The standard InChI is InChI=1S/C15H14BrClN2O5/c16-8-1-7(2-9(17)3-8)10-5-19(15(23)18-14(10)22)13-4-11(21)12(6-20)24-13/h1-3,5,11-13,20-21H,4,6H2,(H,18,22,23)/t11-,12+,13+/m0/s1. The van der Waals surface area contributed by atoms with Crippen molar-refractivity contribution < 1.29 is 14.9 Å². The van der Waals surface area contributed by atoms with Crippen molar-refractivity contribution in [1.82, 2.24) is 9.55 Å². The average Bonchev–Trinajstić information content (AvgIpc) is 2.87. The minimum absolute atomic E-state index is 0.135. The quantitative estimate of drug-likeness (QED) is 0.697. The van der Waals surface area contributed by atoms with Crippen LogP contribution in [0.15, 0.2) is 38.5 Å². The number of hydrogen-bond acceptors (Lipinski definition) is 5. The number of ether oxygens (including phenoxy) is 1. The Morgan fingerprint density at radius 2 is 2.12 bits per heavy atom. The molecule has 0 bridgehead atoms. The first-order chi connectivity index (χ1) is 11.4. The largest absolute Gasteiger partial charge is 0.394 e. The summed E-state index contributed by atoms with van der Waals surface area (Å²) in [6, 6.07) is 4.98. The summed E-state index contributed by atoms with van der Waals surface area (Å²) in [5.74, 6) is 0. The van der Waals surface area contributed by atoms with Crippen LogP contribution < -0.4 is 11.2 Å². The smallest absolute Gasteiger partial charge is 0.330 e. The molecule has 0 unspecified atom stereocenters. The Morgan fingerprint density at radius 1 is 1.38 bits per heavy atom. The molecule has 0 spiro atoms. The maximum absolute atomic E-state index is 12.2. The number of hydrogen-bond donors (Lipinski definition) is 3. The molecule has 3 rings (SSSR count). The van der Waals surface area contributed by atoms with E-state index in [4.69, 9.17) is 21.4 Å². The van der Waals surface area contributed by atoms with Gasteiger partial charge in [0.1, 0.15) is 12.3 Å². The fraction of sp³-hybridized carbons (Fsp3) is 0.333. The third kappa shape index (κ3) is 3.33. The predicted molar refractivity (Wildman–Crippen MR) is 91.1 cm³/mol. The van der Waals surface area contributed by atoms with Gasteiger partial charge in [-0.25, -0.2) is 4.79 Å². The van der Waals surface area contributed by atoms with Gasteiger partial charge in [-0.1, -0.05) is 27.5 Å². The number of benzene rings is 1. The van der Waals surface area contributed by atoms with Gasteiger partial charge in [0.2, 0.25) is 0 Å². The number of nitrogens with zero attached hydrogens (tertiary/aromatic N) is 1. The lowest BCUT2D eigenvalue weighted by atomic mass is 10.1. The summed E-state index contributed by atoms with van der Waals surface area (Å²) in [6.45, 7) is -0.357. The minimum Gasteiger partial charge on any atom is -0.394 e. The molecule has 3 atom stereocenters. The topological polar surface area (TPSA) is 105 Å². The number of aliphatic hydroxyl groups excluding tert-OH is 2.